The van der Waals surface area contributed by atoms with E-state index in [0.29, 0.717) is 29.1 Å². The summed E-state index contributed by atoms with van der Waals surface area (Å²) < 4.78 is 1.51. The highest BCUT2D eigenvalue weighted by Gasteiger charge is 2.48. The van der Waals surface area contributed by atoms with Gasteiger partial charge in [-0.05, 0) is 93.9 Å². The molecular formula is C29H36N6O3. The van der Waals surface area contributed by atoms with Crippen LogP contribution < -0.4 is 10.6 Å². The van der Waals surface area contributed by atoms with Crippen LogP contribution in [-0.4, -0.2) is 49.5 Å². The van der Waals surface area contributed by atoms with Crippen LogP contribution in [0.1, 0.15) is 79.3 Å². The van der Waals surface area contributed by atoms with E-state index in [2.05, 4.69) is 25.9 Å². The molecule has 0 unspecified atom stereocenters. The molecule has 38 heavy (non-hydrogen) atoms. The van der Waals surface area contributed by atoms with Crippen LogP contribution in [0.25, 0.3) is 11.1 Å². The Bertz CT molecular complexity index is 1300. The molecule has 1 aromatic carbocycles. The number of aromatic amines is 1. The van der Waals surface area contributed by atoms with E-state index in [9.17, 15) is 14.7 Å². The van der Waals surface area contributed by atoms with Crippen LogP contribution in [0.3, 0.4) is 0 Å². The number of anilines is 1. The summed E-state index contributed by atoms with van der Waals surface area (Å²) in [5.41, 5.74) is 5.48. The Kier molecular flexibility index (Phi) is 6.55. The first-order valence-electron chi connectivity index (χ1n) is 13.9. The summed E-state index contributed by atoms with van der Waals surface area (Å²) in [6, 6.07) is 8.58. The number of hydrogen-bond donors (Lipinski definition) is 4. The lowest BCUT2D eigenvalue weighted by Crippen LogP contribution is -2.50. The smallest absolute Gasteiger partial charge is 0.270 e. The topological polar surface area (TPSA) is 125 Å². The second kappa shape index (κ2) is 10.0. The van der Waals surface area contributed by atoms with Crippen LogP contribution in [-0.2, 0) is 4.79 Å². The second-order valence-electron chi connectivity index (χ2n) is 11.3. The minimum atomic E-state index is -0.632. The molecule has 2 heterocycles. The highest BCUT2D eigenvalue weighted by molar-refractivity contribution is 6.01. The predicted molar refractivity (Wildman–Crippen MR) is 144 cm³/mol. The molecule has 6 rings (SSSR count). The average Bonchev–Trinajstić information content (AvgIpc) is 3.82. The number of amides is 2. The fraction of sp³-hybridized carbons (Fsp3) is 0.517. The molecule has 2 aromatic heterocycles. The Morgan fingerprint density at radius 1 is 1.08 bits per heavy atom. The molecular weight excluding hydrogens is 480 g/mol. The van der Waals surface area contributed by atoms with Gasteiger partial charge in [-0.25, -0.2) is 0 Å². The number of rotatable bonds is 11. The lowest BCUT2D eigenvalue weighted by atomic mass is 9.88. The molecule has 2 amide bonds. The van der Waals surface area contributed by atoms with Crippen LogP contribution >= 0.6 is 0 Å². The van der Waals surface area contributed by atoms with Crippen molar-refractivity contribution < 1.29 is 14.7 Å². The molecule has 3 saturated carbocycles. The summed E-state index contributed by atoms with van der Waals surface area (Å²) in [5, 5.41) is 27.6. The molecule has 9 nitrogen and oxygen atoms in total. The van der Waals surface area contributed by atoms with Crippen molar-refractivity contribution in [3.8, 4) is 11.1 Å². The van der Waals surface area contributed by atoms with Gasteiger partial charge in [0, 0.05) is 29.1 Å². The van der Waals surface area contributed by atoms with E-state index >= 15 is 0 Å². The normalized spacial score (nSPS) is 18.8. The lowest BCUT2D eigenvalue weighted by Gasteiger charge is -2.28. The van der Waals surface area contributed by atoms with Crippen LogP contribution in [0, 0.1) is 24.7 Å². The zero-order valence-electron chi connectivity index (χ0n) is 22.0. The number of aryl methyl sites for hydroxylation is 1. The quantitative estimate of drug-likeness (QED) is 0.304. The van der Waals surface area contributed by atoms with Crippen molar-refractivity contribution >= 4 is 17.5 Å². The van der Waals surface area contributed by atoms with Gasteiger partial charge in [0.15, 0.2) is 0 Å². The van der Waals surface area contributed by atoms with Crippen LogP contribution in [0.5, 0.6) is 0 Å². The Morgan fingerprint density at radius 3 is 2.37 bits per heavy atom. The highest BCUT2D eigenvalue weighted by Crippen LogP contribution is 2.51. The van der Waals surface area contributed by atoms with Gasteiger partial charge in [-0.1, -0.05) is 12.1 Å². The molecule has 4 N–H and O–H groups in total. The number of carbonyl (C=O) groups is 2. The van der Waals surface area contributed by atoms with Crippen LogP contribution in [0.4, 0.5) is 5.69 Å². The third-order valence-electron chi connectivity index (χ3n) is 8.25. The standard InChI is InChI=1S/C29H36N6O3/c1-16(15-36)35-23(13-14-30-35)28(37)32-27(25(19-3-4-19)20-5-6-20)29(38)31-22-11-9-18(10-12-22)24-17(2)33-34-26(24)21-7-8-21/h9-14,16,19-21,25,27,36H,3-8,15H2,1-2H3,(H,31,38)(H,32,37)(H,33,34)/t16-,27+/m1/s1. The second-order valence-corrected chi connectivity index (χ2v) is 11.3. The van der Waals surface area contributed by atoms with E-state index in [1.54, 1.807) is 19.2 Å². The molecule has 3 aliphatic carbocycles. The molecule has 0 saturated heterocycles. The van der Waals surface area contributed by atoms with Crippen molar-refractivity contribution in [3.05, 3.63) is 53.6 Å². The summed E-state index contributed by atoms with van der Waals surface area (Å²) in [7, 11) is 0. The van der Waals surface area contributed by atoms with Crippen molar-refractivity contribution in [2.24, 2.45) is 17.8 Å². The van der Waals surface area contributed by atoms with Gasteiger partial charge >= 0.3 is 0 Å². The van der Waals surface area contributed by atoms with Crippen molar-refractivity contribution in [1.29, 1.82) is 0 Å². The number of nitrogens with zero attached hydrogens (tertiary/aromatic N) is 3. The fourth-order valence-corrected chi connectivity index (χ4v) is 5.77. The Morgan fingerprint density at radius 2 is 1.76 bits per heavy atom. The lowest BCUT2D eigenvalue weighted by molar-refractivity contribution is -0.119. The number of carbonyl (C=O) groups excluding carboxylic acids is 2. The minimum absolute atomic E-state index is 0.125. The van der Waals surface area contributed by atoms with Crippen molar-refractivity contribution in [3.63, 3.8) is 0 Å². The first kappa shape index (κ1) is 24.9. The fourth-order valence-electron chi connectivity index (χ4n) is 5.77. The van der Waals surface area contributed by atoms with Gasteiger partial charge in [0.25, 0.3) is 5.91 Å². The molecule has 3 fully saturated rings. The molecule has 3 aliphatic rings. The number of aromatic nitrogens is 4. The SMILES string of the molecule is Cc1[nH]nc(C2CC2)c1-c1ccc(NC(=O)[C@@H](NC(=O)c2ccnn2[C@H](C)CO)C(C2CC2)C2CC2)cc1. The summed E-state index contributed by atoms with van der Waals surface area (Å²) >= 11 is 0. The maximum absolute atomic E-state index is 13.7. The Hall–Kier alpha value is -3.46. The third kappa shape index (κ3) is 4.99. The number of aliphatic hydroxyl groups is 1. The predicted octanol–water partition coefficient (Wildman–Crippen LogP) is 4.19. The van der Waals surface area contributed by atoms with E-state index in [0.717, 1.165) is 48.2 Å². The molecule has 2 atom stereocenters. The van der Waals surface area contributed by atoms with Gasteiger partial charge in [-0.2, -0.15) is 10.2 Å². The van der Waals surface area contributed by atoms with E-state index < -0.39 is 6.04 Å². The number of H-pyrrole nitrogens is 1. The third-order valence-corrected chi connectivity index (χ3v) is 8.25. The molecule has 200 valence electrons. The van der Waals surface area contributed by atoms with E-state index in [-0.39, 0.29) is 30.4 Å². The molecule has 3 aromatic rings. The van der Waals surface area contributed by atoms with E-state index in [4.69, 9.17) is 0 Å². The molecule has 0 aliphatic heterocycles. The highest BCUT2D eigenvalue weighted by atomic mass is 16.3. The van der Waals surface area contributed by atoms with Gasteiger partial charge in [-0.3, -0.25) is 19.4 Å². The van der Waals surface area contributed by atoms with Gasteiger partial charge in [-0.15, -0.1) is 0 Å². The number of nitrogens with one attached hydrogen (secondary N) is 3. The van der Waals surface area contributed by atoms with Crippen molar-refractivity contribution in [2.45, 2.75) is 70.4 Å². The van der Waals surface area contributed by atoms with E-state index in [1.165, 1.54) is 17.5 Å². The monoisotopic (exact) mass is 516 g/mol. The van der Waals surface area contributed by atoms with Crippen molar-refractivity contribution in [2.75, 3.05) is 11.9 Å². The minimum Gasteiger partial charge on any atom is -0.394 e. The summed E-state index contributed by atoms with van der Waals surface area (Å²) in [5.74, 6) is 1.07. The Balaban J connectivity index is 1.21. The molecule has 0 radical (unpaired) electrons. The first-order valence-corrected chi connectivity index (χ1v) is 13.9. The summed E-state index contributed by atoms with van der Waals surface area (Å²) in [6.45, 7) is 3.71. The maximum atomic E-state index is 13.7. The van der Waals surface area contributed by atoms with Crippen molar-refractivity contribution in [1.82, 2.24) is 25.3 Å². The molecule has 9 heteroatoms. The average molecular weight is 517 g/mol. The largest absolute Gasteiger partial charge is 0.394 e. The summed E-state index contributed by atoms with van der Waals surface area (Å²) in [4.78, 5) is 27.1. The van der Waals surface area contributed by atoms with Gasteiger partial charge in [0.1, 0.15) is 11.7 Å². The maximum Gasteiger partial charge on any atom is 0.270 e. The zero-order valence-corrected chi connectivity index (χ0v) is 22.0. The molecule has 0 bridgehead atoms. The van der Waals surface area contributed by atoms with Crippen LogP contribution in [0.2, 0.25) is 0 Å². The van der Waals surface area contributed by atoms with Gasteiger partial charge < -0.3 is 15.7 Å². The van der Waals surface area contributed by atoms with Crippen LogP contribution in [0.15, 0.2) is 36.5 Å². The van der Waals surface area contributed by atoms with Gasteiger partial charge in [0.05, 0.1) is 18.3 Å². The summed E-state index contributed by atoms with van der Waals surface area (Å²) in [6.07, 6.45) is 8.31. The number of hydrogen-bond acceptors (Lipinski definition) is 5. The van der Waals surface area contributed by atoms with E-state index in [1.807, 2.05) is 31.2 Å². The zero-order chi connectivity index (χ0) is 26.4. The Labute approximate surface area is 222 Å². The van der Waals surface area contributed by atoms with Gasteiger partial charge in [0.2, 0.25) is 5.91 Å². The molecule has 0 spiro atoms. The number of benzene rings is 1. The number of aliphatic hydroxyl groups excluding tert-OH is 1. The first-order chi connectivity index (χ1) is 18.4.